The molecule has 0 aliphatic carbocycles. The summed E-state index contributed by atoms with van der Waals surface area (Å²) in [6, 6.07) is 9.62. The van der Waals surface area contributed by atoms with Crippen LogP contribution in [0.4, 0.5) is 5.82 Å². The zero-order valence-corrected chi connectivity index (χ0v) is 21.7. The maximum absolute atomic E-state index is 6.63. The molecule has 4 heterocycles. The molecule has 0 amide bonds. The summed E-state index contributed by atoms with van der Waals surface area (Å²) in [6.45, 7) is 9.58. The first-order chi connectivity index (χ1) is 17.9. The maximum atomic E-state index is 6.63. The lowest BCUT2D eigenvalue weighted by molar-refractivity contribution is -0.0881. The fraction of sp³-hybridized carbons (Fsp3) is 0.308. The summed E-state index contributed by atoms with van der Waals surface area (Å²) in [7, 11) is 0. The summed E-state index contributed by atoms with van der Waals surface area (Å²) >= 11 is 6.63. The molecule has 1 aromatic carbocycles. The molecular formula is C26H29BClN7O2. The third-order valence-electron chi connectivity index (χ3n) is 6.44. The Labute approximate surface area is 221 Å². The smallest absolute Gasteiger partial charge is 0.343 e. The van der Waals surface area contributed by atoms with E-state index in [0.717, 1.165) is 36.2 Å². The van der Waals surface area contributed by atoms with Gasteiger partial charge in [0.15, 0.2) is 5.65 Å². The van der Waals surface area contributed by atoms with Crippen LogP contribution in [0.5, 0.6) is 5.75 Å². The Morgan fingerprint density at radius 2 is 2.11 bits per heavy atom. The highest BCUT2D eigenvalue weighted by Gasteiger charge is 2.28. The average Bonchev–Trinajstić information content (AvgIpc) is 3.30. The van der Waals surface area contributed by atoms with E-state index in [2.05, 4.69) is 21.5 Å². The summed E-state index contributed by atoms with van der Waals surface area (Å²) in [5, 5.41) is 8.13. The predicted molar refractivity (Wildman–Crippen MR) is 146 cm³/mol. The van der Waals surface area contributed by atoms with Crippen molar-refractivity contribution in [1.29, 1.82) is 0 Å². The third kappa shape index (κ3) is 5.46. The largest absolute Gasteiger partial charge is 0.487 e. The molecule has 3 aromatic heterocycles. The van der Waals surface area contributed by atoms with Gasteiger partial charge in [-0.1, -0.05) is 30.5 Å². The number of ether oxygens (including phenoxy) is 1. The van der Waals surface area contributed by atoms with E-state index in [9.17, 15) is 0 Å². The van der Waals surface area contributed by atoms with Gasteiger partial charge in [0, 0.05) is 36.1 Å². The van der Waals surface area contributed by atoms with Crippen LogP contribution in [0.2, 0.25) is 11.8 Å². The van der Waals surface area contributed by atoms with E-state index in [1.165, 1.54) is 6.33 Å². The van der Waals surface area contributed by atoms with Crippen LogP contribution in [0.3, 0.4) is 0 Å². The van der Waals surface area contributed by atoms with Crippen molar-refractivity contribution >= 4 is 35.4 Å². The molecule has 0 spiro atoms. The van der Waals surface area contributed by atoms with Crippen LogP contribution < -0.4 is 10.5 Å². The summed E-state index contributed by atoms with van der Waals surface area (Å²) in [6.07, 6.45) is 5.19. The van der Waals surface area contributed by atoms with Crippen molar-refractivity contribution in [3.8, 4) is 17.0 Å². The molecule has 1 aliphatic heterocycles. The molecule has 1 unspecified atom stereocenters. The highest BCUT2D eigenvalue weighted by atomic mass is 35.5. The van der Waals surface area contributed by atoms with Gasteiger partial charge < -0.3 is 15.2 Å². The molecule has 11 heteroatoms. The van der Waals surface area contributed by atoms with Gasteiger partial charge in [-0.25, -0.2) is 19.7 Å². The van der Waals surface area contributed by atoms with Crippen LogP contribution in [0.25, 0.3) is 22.3 Å². The summed E-state index contributed by atoms with van der Waals surface area (Å²) in [4.78, 5) is 13.1. The second-order valence-electron chi connectivity index (χ2n) is 9.22. The summed E-state index contributed by atoms with van der Waals surface area (Å²) in [5.74, 6) is 2.74. The molecule has 0 radical (unpaired) electrons. The summed E-state index contributed by atoms with van der Waals surface area (Å²) < 4.78 is 13.9. The Morgan fingerprint density at radius 1 is 1.24 bits per heavy atom. The number of hydrogen-bond acceptors (Lipinski definition) is 8. The fourth-order valence-electron chi connectivity index (χ4n) is 4.46. The molecule has 4 aromatic rings. The SMILES string of the molecule is C=CB(C)ON1CCCC(n2nc(-c3ccc(OCc4ccc(C)nc4)c(Cl)c3)c3c(N)ncnc32)C1. The zero-order valence-electron chi connectivity index (χ0n) is 21.0. The van der Waals surface area contributed by atoms with Crippen molar-refractivity contribution in [2.45, 2.75) is 39.2 Å². The van der Waals surface area contributed by atoms with Gasteiger partial charge in [0.25, 0.3) is 0 Å². The molecule has 1 fully saturated rings. The van der Waals surface area contributed by atoms with Gasteiger partial charge in [-0.3, -0.25) is 4.98 Å². The second-order valence-corrected chi connectivity index (χ2v) is 9.63. The number of hydroxylamine groups is 2. The number of anilines is 1. The first kappa shape index (κ1) is 25.2. The number of pyridine rings is 1. The van der Waals surface area contributed by atoms with Crippen molar-refractivity contribution in [1.82, 2.24) is 29.8 Å². The number of aryl methyl sites for hydroxylation is 1. The predicted octanol–water partition coefficient (Wildman–Crippen LogP) is 4.93. The van der Waals surface area contributed by atoms with E-state index >= 15 is 0 Å². The van der Waals surface area contributed by atoms with Crippen molar-refractivity contribution < 1.29 is 9.49 Å². The summed E-state index contributed by atoms with van der Waals surface area (Å²) in [5.41, 5.74) is 10.4. The van der Waals surface area contributed by atoms with Crippen LogP contribution in [0.15, 0.2) is 55.4 Å². The minimum atomic E-state index is -0.0632. The topological polar surface area (TPSA) is 104 Å². The van der Waals surface area contributed by atoms with Gasteiger partial charge in [0.05, 0.1) is 16.5 Å². The highest BCUT2D eigenvalue weighted by Crippen LogP contribution is 2.37. The molecule has 9 nitrogen and oxygen atoms in total. The Balaban J connectivity index is 1.43. The molecule has 2 N–H and O–H groups in total. The van der Waals surface area contributed by atoms with E-state index in [1.54, 1.807) is 12.2 Å². The van der Waals surface area contributed by atoms with Crippen LogP contribution in [-0.2, 0) is 11.4 Å². The Morgan fingerprint density at radius 3 is 2.86 bits per heavy atom. The lowest BCUT2D eigenvalue weighted by Crippen LogP contribution is -2.39. The number of benzene rings is 1. The molecule has 0 bridgehead atoms. The van der Waals surface area contributed by atoms with E-state index in [-0.39, 0.29) is 13.0 Å². The van der Waals surface area contributed by atoms with Gasteiger partial charge in [0.1, 0.15) is 30.2 Å². The van der Waals surface area contributed by atoms with Gasteiger partial charge in [-0.05, 0) is 44.0 Å². The standard InChI is InChI=1S/C26H29BClN7O2/c1-4-27(3)37-34-11-5-6-20(14-34)35-26-23(25(29)31-16-32-26)24(33-35)19-9-10-22(21(28)12-19)36-15-18-8-7-17(2)30-13-18/h4,7-10,12-13,16,20H,1,5-6,11,14-15H2,2-3H3,(H2,29,31,32). The lowest BCUT2D eigenvalue weighted by atomic mass is 9.72. The molecule has 37 heavy (non-hydrogen) atoms. The molecule has 190 valence electrons. The third-order valence-corrected chi connectivity index (χ3v) is 6.74. The molecule has 1 aliphatic rings. The Hall–Kier alpha value is -3.47. The molecule has 0 saturated carbocycles. The van der Waals surface area contributed by atoms with Crippen molar-refractivity contribution in [3.63, 3.8) is 0 Å². The molecule has 1 atom stereocenters. The van der Waals surface area contributed by atoms with E-state index < -0.39 is 0 Å². The van der Waals surface area contributed by atoms with Crippen molar-refractivity contribution in [2.75, 3.05) is 18.8 Å². The zero-order chi connectivity index (χ0) is 25.9. The molecule has 1 saturated heterocycles. The molecule has 5 rings (SSSR count). The van der Waals surface area contributed by atoms with Gasteiger partial charge in [-0.15, -0.1) is 6.58 Å². The minimum Gasteiger partial charge on any atom is -0.487 e. The molecular weight excluding hydrogens is 489 g/mol. The number of nitrogens with two attached hydrogens (primary N) is 1. The Bertz CT molecular complexity index is 1410. The first-order valence-electron chi connectivity index (χ1n) is 12.3. The van der Waals surface area contributed by atoms with Crippen molar-refractivity contribution in [2.24, 2.45) is 0 Å². The van der Waals surface area contributed by atoms with E-state index in [0.29, 0.717) is 46.5 Å². The highest BCUT2D eigenvalue weighted by molar-refractivity contribution is 6.55. The number of nitrogens with zero attached hydrogens (tertiary/aromatic N) is 6. The number of rotatable bonds is 8. The normalized spacial score (nSPS) is 16.1. The number of hydrogen-bond donors (Lipinski definition) is 1. The number of piperidine rings is 1. The van der Waals surface area contributed by atoms with Gasteiger partial charge >= 0.3 is 6.92 Å². The lowest BCUT2D eigenvalue weighted by Gasteiger charge is -2.33. The first-order valence-corrected chi connectivity index (χ1v) is 12.7. The van der Waals surface area contributed by atoms with Crippen molar-refractivity contribution in [3.05, 3.63) is 71.7 Å². The quantitative estimate of drug-likeness (QED) is 0.328. The van der Waals surface area contributed by atoms with Crippen LogP contribution in [-0.4, -0.2) is 49.8 Å². The van der Waals surface area contributed by atoms with E-state index in [1.807, 2.05) is 53.8 Å². The average molecular weight is 518 g/mol. The number of nitrogen functional groups attached to an aromatic ring is 1. The fourth-order valence-corrected chi connectivity index (χ4v) is 4.69. The monoisotopic (exact) mass is 517 g/mol. The van der Waals surface area contributed by atoms with Crippen LogP contribution in [0.1, 0.15) is 30.1 Å². The number of fused-ring (bicyclic) bond motifs is 1. The van der Waals surface area contributed by atoms with Gasteiger partial charge in [0.2, 0.25) is 0 Å². The van der Waals surface area contributed by atoms with E-state index in [4.69, 9.17) is 31.9 Å². The number of aromatic nitrogens is 5. The Kier molecular flexibility index (Phi) is 7.41. The van der Waals surface area contributed by atoms with Crippen LogP contribution in [0, 0.1) is 6.92 Å². The maximum Gasteiger partial charge on any atom is 0.343 e. The van der Waals surface area contributed by atoms with Gasteiger partial charge in [-0.2, -0.15) is 5.10 Å². The van der Waals surface area contributed by atoms with Crippen LogP contribution >= 0.6 is 11.6 Å². The second kappa shape index (κ2) is 10.9. The number of halogens is 1. The minimum absolute atomic E-state index is 0.0632.